The average Bonchev–Trinajstić information content (AvgIpc) is 2.79. The minimum absolute atomic E-state index is 0.0204. The van der Waals surface area contributed by atoms with E-state index in [2.05, 4.69) is 35.2 Å². The molecule has 0 bridgehead atoms. The number of methoxy groups -OCH3 is 1. The number of pyridine rings is 1. The van der Waals surface area contributed by atoms with Crippen molar-refractivity contribution < 1.29 is 9.53 Å². The number of likely N-dealkylation sites (N-methyl/N-ethyl adjacent to an activating group) is 1. The summed E-state index contributed by atoms with van der Waals surface area (Å²) in [6, 6.07) is 8.04. The lowest BCUT2D eigenvalue weighted by molar-refractivity contribution is -0.120. The van der Waals surface area contributed by atoms with Gasteiger partial charge in [0.05, 0.1) is 31.1 Å². The molecule has 168 valence electrons. The fourth-order valence-corrected chi connectivity index (χ4v) is 3.92. The molecule has 0 saturated heterocycles. The fraction of sp³-hybridized carbons (Fsp3) is 0.385. The number of nitrogens with one attached hydrogen (secondary N) is 1. The van der Waals surface area contributed by atoms with Crippen LogP contribution in [0.3, 0.4) is 0 Å². The molecule has 0 aliphatic rings. The third-order valence-electron chi connectivity index (χ3n) is 5.45. The van der Waals surface area contributed by atoms with E-state index in [9.17, 15) is 4.79 Å². The maximum Gasteiger partial charge on any atom is 0.224 e. The second kappa shape index (κ2) is 11.4. The molecule has 1 amide bonds. The van der Waals surface area contributed by atoms with E-state index >= 15 is 0 Å². The summed E-state index contributed by atoms with van der Waals surface area (Å²) in [4.78, 5) is 25.7. The molecule has 0 spiro atoms. The SMILES string of the molecule is CCCC(Cc1cncc(-c2ccc(CC(=O)NCC)c(OC)c2)n1)c1cncc(C)c1. The highest BCUT2D eigenvalue weighted by Gasteiger charge is 2.15. The Morgan fingerprint density at radius 1 is 1.09 bits per heavy atom. The summed E-state index contributed by atoms with van der Waals surface area (Å²) >= 11 is 0. The fourth-order valence-electron chi connectivity index (χ4n) is 3.92. The number of hydrogen-bond donors (Lipinski definition) is 1. The Bertz CT molecular complexity index is 1050. The zero-order valence-electron chi connectivity index (χ0n) is 19.4. The van der Waals surface area contributed by atoms with Crippen molar-refractivity contribution in [3.63, 3.8) is 0 Å². The molecule has 0 aliphatic heterocycles. The smallest absolute Gasteiger partial charge is 0.224 e. The van der Waals surface area contributed by atoms with Crippen molar-refractivity contribution in [3.05, 3.63) is 71.4 Å². The first-order valence-corrected chi connectivity index (χ1v) is 11.2. The first-order chi connectivity index (χ1) is 15.5. The maximum atomic E-state index is 12.0. The molecule has 3 rings (SSSR count). The summed E-state index contributed by atoms with van der Waals surface area (Å²) in [6.45, 7) is 6.79. The van der Waals surface area contributed by atoms with Gasteiger partial charge < -0.3 is 10.1 Å². The molecule has 3 aromatic rings. The van der Waals surface area contributed by atoms with Gasteiger partial charge in [-0.3, -0.25) is 14.8 Å². The number of carbonyl (C=O) groups is 1. The Hall–Kier alpha value is -3.28. The molecule has 1 unspecified atom stereocenters. The molecule has 2 aromatic heterocycles. The lowest BCUT2D eigenvalue weighted by atomic mass is 9.90. The Morgan fingerprint density at radius 3 is 2.62 bits per heavy atom. The zero-order chi connectivity index (χ0) is 22.9. The first kappa shape index (κ1) is 23.4. The first-order valence-electron chi connectivity index (χ1n) is 11.2. The number of hydrogen-bond acceptors (Lipinski definition) is 5. The van der Waals surface area contributed by atoms with Crippen LogP contribution in [-0.2, 0) is 17.6 Å². The number of amides is 1. The Kier molecular flexibility index (Phi) is 8.31. The van der Waals surface area contributed by atoms with Gasteiger partial charge in [0.25, 0.3) is 0 Å². The molecular weight excluding hydrogens is 400 g/mol. The van der Waals surface area contributed by atoms with Crippen molar-refractivity contribution in [1.29, 1.82) is 0 Å². The van der Waals surface area contributed by atoms with Gasteiger partial charge in [-0.1, -0.05) is 31.5 Å². The highest BCUT2D eigenvalue weighted by Crippen LogP contribution is 2.28. The Labute approximate surface area is 190 Å². The summed E-state index contributed by atoms with van der Waals surface area (Å²) in [5.41, 5.74) is 5.93. The number of benzene rings is 1. The van der Waals surface area contributed by atoms with Crippen molar-refractivity contribution in [2.45, 2.75) is 52.4 Å². The largest absolute Gasteiger partial charge is 0.496 e. The van der Waals surface area contributed by atoms with Gasteiger partial charge in [-0.25, -0.2) is 4.98 Å². The molecular formula is C26H32N4O2. The van der Waals surface area contributed by atoms with E-state index in [-0.39, 0.29) is 12.3 Å². The highest BCUT2D eigenvalue weighted by molar-refractivity contribution is 5.79. The third kappa shape index (κ3) is 6.13. The predicted molar refractivity (Wildman–Crippen MR) is 127 cm³/mol. The number of aromatic nitrogens is 3. The summed E-state index contributed by atoms with van der Waals surface area (Å²) in [6.07, 6.45) is 10.7. The van der Waals surface area contributed by atoms with Crippen LogP contribution in [-0.4, -0.2) is 34.5 Å². The van der Waals surface area contributed by atoms with Crippen molar-refractivity contribution in [1.82, 2.24) is 20.3 Å². The summed E-state index contributed by atoms with van der Waals surface area (Å²) in [5, 5.41) is 2.82. The second-order valence-corrected chi connectivity index (χ2v) is 8.04. The molecule has 0 radical (unpaired) electrons. The lowest BCUT2D eigenvalue weighted by Crippen LogP contribution is -2.24. The van der Waals surface area contributed by atoms with Gasteiger partial charge in [0.2, 0.25) is 5.91 Å². The van der Waals surface area contributed by atoms with E-state index in [0.29, 0.717) is 18.2 Å². The van der Waals surface area contributed by atoms with Crippen LogP contribution in [0.15, 0.2) is 49.1 Å². The molecule has 2 heterocycles. The zero-order valence-corrected chi connectivity index (χ0v) is 19.4. The van der Waals surface area contributed by atoms with Crippen LogP contribution in [0.4, 0.5) is 0 Å². The van der Waals surface area contributed by atoms with Gasteiger partial charge in [-0.2, -0.15) is 0 Å². The van der Waals surface area contributed by atoms with Crippen molar-refractivity contribution in [3.8, 4) is 17.0 Å². The van der Waals surface area contributed by atoms with Gasteiger partial charge in [0.1, 0.15) is 5.75 Å². The average molecular weight is 433 g/mol. The van der Waals surface area contributed by atoms with Gasteiger partial charge in [0, 0.05) is 36.3 Å². The Balaban J connectivity index is 1.84. The van der Waals surface area contributed by atoms with E-state index in [4.69, 9.17) is 9.72 Å². The van der Waals surface area contributed by atoms with Gasteiger partial charge >= 0.3 is 0 Å². The van der Waals surface area contributed by atoms with Gasteiger partial charge in [-0.05, 0) is 49.8 Å². The van der Waals surface area contributed by atoms with Crippen LogP contribution in [0, 0.1) is 6.92 Å². The molecule has 0 fully saturated rings. The van der Waals surface area contributed by atoms with Gasteiger partial charge in [-0.15, -0.1) is 0 Å². The summed E-state index contributed by atoms with van der Waals surface area (Å²) in [5.74, 6) is 1.01. The quantitative estimate of drug-likeness (QED) is 0.504. The van der Waals surface area contributed by atoms with Crippen LogP contribution in [0.1, 0.15) is 55.0 Å². The monoisotopic (exact) mass is 432 g/mol. The van der Waals surface area contributed by atoms with Gasteiger partial charge in [0.15, 0.2) is 0 Å². The lowest BCUT2D eigenvalue weighted by Gasteiger charge is -2.17. The van der Waals surface area contributed by atoms with Crippen LogP contribution in [0.5, 0.6) is 5.75 Å². The maximum absolute atomic E-state index is 12.0. The molecule has 32 heavy (non-hydrogen) atoms. The van der Waals surface area contributed by atoms with Crippen molar-refractivity contribution >= 4 is 5.91 Å². The highest BCUT2D eigenvalue weighted by atomic mass is 16.5. The standard InChI is InChI=1S/C26H32N4O2/c1-5-7-19(22-10-18(3)14-27-15-22)11-23-16-28-17-24(30-23)20-8-9-21(25(12-20)32-4)13-26(31)29-6-2/h8-10,12,14-17,19H,5-7,11,13H2,1-4H3,(H,29,31). The van der Waals surface area contributed by atoms with E-state index in [1.54, 1.807) is 13.3 Å². The topological polar surface area (TPSA) is 77.0 Å². The molecule has 6 heteroatoms. The number of aryl methyl sites for hydroxylation is 1. The second-order valence-electron chi connectivity index (χ2n) is 8.04. The third-order valence-corrected chi connectivity index (χ3v) is 5.45. The molecule has 6 nitrogen and oxygen atoms in total. The molecule has 1 N–H and O–H groups in total. The number of carbonyl (C=O) groups excluding carboxylic acids is 1. The van der Waals surface area contributed by atoms with Crippen LogP contribution in [0.25, 0.3) is 11.3 Å². The van der Waals surface area contributed by atoms with E-state index in [1.807, 2.05) is 43.7 Å². The molecule has 0 saturated carbocycles. The number of nitrogens with zero attached hydrogens (tertiary/aromatic N) is 3. The number of rotatable bonds is 10. The minimum atomic E-state index is -0.0204. The minimum Gasteiger partial charge on any atom is -0.496 e. The predicted octanol–water partition coefficient (Wildman–Crippen LogP) is 4.66. The van der Waals surface area contributed by atoms with E-state index in [0.717, 1.165) is 41.8 Å². The van der Waals surface area contributed by atoms with E-state index in [1.165, 1.54) is 11.1 Å². The molecule has 1 atom stereocenters. The number of ether oxygens (including phenoxy) is 1. The molecule has 0 aliphatic carbocycles. The van der Waals surface area contributed by atoms with Crippen LogP contribution < -0.4 is 10.1 Å². The molecule has 1 aromatic carbocycles. The van der Waals surface area contributed by atoms with Crippen LogP contribution in [0.2, 0.25) is 0 Å². The van der Waals surface area contributed by atoms with Crippen molar-refractivity contribution in [2.75, 3.05) is 13.7 Å². The van der Waals surface area contributed by atoms with E-state index < -0.39 is 0 Å². The Morgan fingerprint density at radius 2 is 1.91 bits per heavy atom. The van der Waals surface area contributed by atoms with Crippen molar-refractivity contribution in [2.24, 2.45) is 0 Å². The van der Waals surface area contributed by atoms with Crippen LogP contribution >= 0.6 is 0 Å². The summed E-state index contributed by atoms with van der Waals surface area (Å²) in [7, 11) is 1.62. The summed E-state index contributed by atoms with van der Waals surface area (Å²) < 4.78 is 5.55. The normalized spacial score (nSPS) is 11.8.